The van der Waals surface area contributed by atoms with Crippen LogP contribution < -0.4 is 5.32 Å². The fourth-order valence-electron chi connectivity index (χ4n) is 3.73. The van der Waals surface area contributed by atoms with Crippen molar-refractivity contribution in [3.8, 4) is 0 Å². The molecular formula is C16H17N3O4S. The molecule has 7 nitrogen and oxygen atoms in total. The number of fused-ring (bicyclic) bond motifs is 2. The van der Waals surface area contributed by atoms with Crippen LogP contribution in [-0.2, 0) is 20.2 Å². The van der Waals surface area contributed by atoms with Crippen LogP contribution in [0.4, 0.5) is 5.69 Å². The minimum Gasteiger partial charge on any atom is -0.360 e. The van der Waals surface area contributed by atoms with E-state index in [9.17, 15) is 13.2 Å². The van der Waals surface area contributed by atoms with Gasteiger partial charge in [-0.1, -0.05) is 23.4 Å². The minimum atomic E-state index is -3.75. The van der Waals surface area contributed by atoms with Crippen molar-refractivity contribution in [1.82, 2.24) is 9.46 Å². The molecule has 2 aromatic rings. The number of carbonyl (C=O) groups excluding carboxylic acids is 1. The molecule has 2 aliphatic rings. The first-order valence-electron chi connectivity index (χ1n) is 7.70. The number of aromatic nitrogens is 1. The molecule has 0 bridgehead atoms. The van der Waals surface area contributed by atoms with Crippen molar-refractivity contribution >= 4 is 21.6 Å². The first-order valence-corrected chi connectivity index (χ1v) is 9.14. The van der Waals surface area contributed by atoms with Crippen LogP contribution in [-0.4, -0.2) is 36.9 Å². The van der Waals surface area contributed by atoms with E-state index in [1.807, 2.05) is 24.3 Å². The Balaban J connectivity index is 1.75. The highest BCUT2D eigenvalue weighted by Crippen LogP contribution is 2.45. The fourth-order valence-corrected chi connectivity index (χ4v) is 5.52. The number of hydrogen-bond acceptors (Lipinski definition) is 5. The Labute approximate surface area is 139 Å². The van der Waals surface area contributed by atoms with Gasteiger partial charge < -0.3 is 9.84 Å². The van der Waals surface area contributed by atoms with Gasteiger partial charge in [0.15, 0.2) is 5.76 Å². The summed E-state index contributed by atoms with van der Waals surface area (Å²) in [5, 5.41) is 6.60. The van der Waals surface area contributed by atoms with E-state index in [2.05, 4.69) is 10.5 Å². The number of carbonyl (C=O) groups is 1. The third kappa shape index (κ3) is 1.90. The smallest absolute Gasteiger partial charge is 0.248 e. The number of nitrogens with one attached hydrogen (secondary N) is 1. The molecule has 0 aliphatic carbocycles. The van der Waals surface area contributed by atoms with Crippen LogP contribution in [0.1, 0.15) is 23.4 Å². The lowest BCUT2D eigenvalue weighted by atomic mass is 9.81. The van der Waals surface area contributed by atoms with Crippen LogP contribution in [0.25, 0.3) is 0 Å². The molecule has 4 rings (SSSR count). The normalized spacial score (nSPS) is 23.7. The van der Waals surface area contributed by atoms with Crippen LogP contribution in [0.15, 0.2) is 33.7 Å². The first kappa shape index (κ1) is 15.3. The first-order chi connectivity index (χ1) is 11.4. The zero-order valence-corrected chi connectivity index (χ0v) is 14.2. The van der Waals surface area contributed by atoms with E-state index in [0.29, 0.717) is 12.1 Å². The number of aryl methyl sites for hydroxylation is 2. The Morgan fingerprint density at radius 1 is 1.29 bits per heavy atom. The molecular weight excluding hydrogens is 330 g/mol. The quantitative estimate of drug-likeness (QED) is 0.890. The van der Waals surface area contributed by atoms with Crippen molar-refractivity contribution in [2.75, 3.05) is 18.4 Å². The van der Waals surface area contributed by atoms with Gasteiger partial charge in [0.1, 0.15) is 10.6 Å². The van der Waals surface area contributed by atoms with Crippen molar-refractivity contribution in [1.29, 1.82) is 0 Å². The topological polar surface area (TPSA) is 92.5 Å². The Morgan fingerprint density at radius 3 is 2.75 bits per heavy atom. The fraction of sp³-hybridized carbons (Fsp3) is 0.375. The van der Waals surface area contributed by atoms with E-state index in [4.69, 9.17) is 4.52 Å². The zero-order valence-electron chi connectivity index (χ0n) is 13.4. The van der Waals surface area contributed by atoms with Gasteiger partial charge in [-0.05, 0) is 31.9 Å². The second-order valence-corrected chi connectivity index (χ2v) is 8.20. The van der Waals surface area contributed by atoms with E-state index >= 15 is 0 Å². The van der Waals surface area contributed by atoms with E-state index in [1.54, 1.807) is 13.8 Å². The molecule has 2 aliphatic heterocycles. The molecule has 1 unspecified atom stereocenters. The van der Waals surface area contributed by atoms with Crippen molar-refractivity contribution in [3.63, 3.8) is 0 Å². The molecule has 1 aromatic heterocycles. The highest BCUT2D eigenvalue weighted by Gasteiger charge is 2.53. The SMILES string of the molecule is Cc1noc(C)c1S(=O)(=O)N1CCC2(C1)C(=O)Nc1ccccc12. The third-order valence-corrected chi connectivity index (χ3v) is 7.02. The second kappa shape index (κ2) is 4.90. The van der Waals surface area contributed by atoms with E-state index in [0.717, 1.165) is 11.3 Å². The number of rotatable bonds is 2. The summed E-state index contributed by atoms with van der Waals surface area (Å²) in [6, 6.07) is 7.45. The zero-order chi connectivity index (χ0) is 17.1. The van der Waals surface area contributed by atoms with Crippen LogP contribution in [0.2, 0.25) is 0 Å². The monoisotopic (exact) mass is 347 g/mol. The second-order valence-electron chi connectivity index (χ2n) is 6.32. The molecule has 24 heavy (non-hydrogen) atoms. The molecule has 1 saturated heterocycles. The number of sulfonamides is 1. The maximum atomic E-state index is 13.0. The largest absolute Gasteiger partial charge is 0.360 e. The predicted molar refractivity (Wildman–Crippen MR) is 86.1 cm³/mol. The Kier molecular flexibility index (Phi) is 3.14. The Hall–Kier alpha value is -2.19. The van der Waals surface area contributed by atoms with Crippen LogP contribution in [0, 0.1) is 13.8 Å². The van der Waals surface area contributed by atoms with Gasteiger partial charge in [0.25, 0.3) is 0 Å². The lowest BCUT2D eigenvalue weighted by Gasteiger charge is -2.22. The maximum absolute atomic E-state index is 13.0. The summed E-state index contributed by atoms with van der Waals surface area (Å²) >= 11 is 0. The summed E-state index contributed by atoms with van der Waals surface area (Å²) in [6.07, 6.45) is 0.457. The van der Waals surface area contributed by atoms with E-state index in [-0.39, 0.29) is 29.7 Å². The van der Waals surface area contributed by atoms with Gasteiger partial charge in [-0.15, -0.1) is 0 Å². The summed E-state index contributed by atoms with van der Waals surface area (Å²) in [5.41, 5.74) is 1.15. The third-order valence-electron chi connectivity index (χ3n) is 4.93. The predicted octanol–water partition coefficient (Wildman–Crippen LogP) is 1.58. The van der Waals surface area contributed by atoms with Crippen molar-refractivity contribution < 1.29 is 17.7 Å². The molecule has 1 spiro atoms. The summed E-state index contributed by atoms with van der Waals surface area (Å²) in [4.78, 5) is 12.7. The van der Waals surface area contributed by atoms with Crippen molar-refractivity contribution in [2.24, 2.45) is 0 Å². The van der Waals surface area contributed by atoms with Gasteiger partial charge in [-0.2, -0.15) is 4.31 Å². The molecule has 1 N–H and O–H groups in total. The minimum absolute atomic E-state index is 0.103. The van der Waals surface area contributed by atoms with E-state index < -0.39 is 15.4 Å². The molecule has 3 heterocycles. The summed E-state index contributed by atoms with van der Waals surface area (Å²) in [7, 11) is -3.75. The van der Waals surface area contributed by atoms with Crippen LogP contribution in [0.3, 0.4) is 0 Å². The number of nitrogens with zero attached hydrogens (tertiary/aromatic N) is 2. The standard InChI is InChI=1S/C16H17N3O4S/c1-10-14(11(2)23-18-10)24(21,22)19-8-7-16(9-19)12-5-3-4-6-13(12)17-15(16)20/h3-6H,7-9H2,1-2H3,(H,17,20). The molecule has 1 fully saturated rings. The van der Waals surface area contributed by atoms with Gasteiger partial charge in [-0.25, -0.2) is 8.42 Å². The van der Waals surface area contributed by atoms with Gasteiger partial charge in [0.05, 0.1) is 5.41 Å². The van der Waals surface area contributed by atoms with Gasteiger partial charge in [0.2, 0.25) is 15.9 Å². The number of benzene rings is 1. The van der Waals surface area contributed by atoms with Gasteiger partial charge in [0, 0.05) is 18.8 Å². The molecule has 8 heteroatoms. The van der Waals surface area contributed by atoms with Crippen molar-refractivity contribution in [2.45, 2.75) is 30.6 Å². The average molecular weight is 347 g/mol. The van der Waals surface area contributed by atoms with Gasteiger partial charge in [-0.3, -0.25) is 4.79 Å². The number of anilines is 1. The highest BCUT2D eigenvalue weighted by molar-refractivity contribution is 7.89. The van der Waals surface area contributed by atoms with Crippen LogP contribution >= 0.6 is 0 Å². The van der Waals surface area contributed by atoms with Crippen LogP contribution in [0.5, 0.6) is 0 Å². The summed E-state index contributed by atoms with van der Waals surface area (Å²) < 4.78 is 32.3. The van der Waals surface area contributed by atoms with Crippen molar-refractivity contribution in [3.05, 3.63) is 41.3 Å². The average Bonchev–Trinajstić information content (AvgIpc) is 3.20. The molecule has 1 amide bonds. The maximum Gasteiger partial charge on any atom is 0.248 e. The Bertz CT molecular complexity index is 930. The molecule has 1 atom stereocenters. The molecule has 0 radical (unpaired) electrons. The number of para-hydroxylation sites is 1. The lowest BCUT2D eigenvalue weighted by Crippen LogP contribution is -2.39. The Morgan fingerprint density at radius 2 is 2.04 bits per heavy atom. The number of amides is 1. The summed E-state index contributed by atoms with van der Waals surface area (Å²) in [6.45, 7) is 3.60. The number of hydrogen-bond donors (Lipinski definition) is 1. The van der Waals surface area contributed by atoms with E-state index in [1.165, 1.54) is 4.31 Å². The molecule has 126 valence electrons. The molecule has 1 aromatic carbocycles. The molecule has 0 saturated carbocycles. The highest BCUT2D eigenvalue weighted by atomic mass is 32.2. The van der Waals surface area contributed by atoms with Gasteiger partial charge >= 0.3 is 0 Å². The lowest BCUT2D eigenvalue weighted by molar-refractivity contribution is -0.120. The summed E-state index contributed by atoms with van der Waals surface area (Å²) in [5.74, 6) is 0.130.